The van der Waals surface area contributed by atoms with E-state index in [-0.39, 0.29) is 16.4 Å². The molecule has 0 spiro atoms. The van der Waals surface area contributed by atoms with Gasteiger partial charge in [0.15, 0.2) is 0 Å². The molecule has 3 amide bonds. The van der Waals surface area contributed by atoms with E-state index in [1.807, 2.05) is 24.3 Å². The van der Waals surface area contributed by atoms with Crippen LogP contribution in [0.25, 0.3) is 6.08 Å². The van der Waals surface area contributed by atoms with Crippen LogP contribution >= 0.6 is 23.4 Å². The molecule has 41 heavy (non-hydrogen) atoms. The van der Waals surface area contributed by atoms with Crippen LogP contribution in [0, 0.1) is 0 Å². The molecule has 3 aromatic carbocycles. The number of hydrogen-bond donors (Lipinski definition) is 0. The van der Waals surface area contributed by atoms with E-state index >= 15 is 0 Å². The van der Waals surface area contributed by atoms with Crippen LogP contribution in [0.15, 0.2) is 77.7 Å². The van der Waals surface area contributed by atoms with Gasteiger partial charge < -0.3 is 4.90 Å². The molecule has 11 heteroatoms. The van der Waals surface area contributed by atoms with Crippen molar-refractivity contribution in [3.63, 3.8) is 0 Å². The second-order valence-electron chi connectivity index (χ2n) is 9.74. The van der Waals surface area contributed by atoms with E-state index in [1.54, 1.807) is 29.2 Å². The van der Waals surface area contributed by atoms with E-state index in [0.717, 1.165) is 36.2 Å². The molecule has 6 nitrogen and oxygen atoms in total. The summed E-state index contributed by atoms with van der Waals surface area (Å²) < 4.78 is 40.1. The van der Waals surface area contributed by atoms with Gasteiger partial charge in [-0.1, -0.05) is 54.1 Å². The molecule has 0 saturated carbocycles. The molecule has 0 unspecified atom stereocenters. The highest BCUT2D eigenvalue weighted by Gasteiger charge is 2.38. The van der Waals surface area contributed by atoms with Gasteiger partial charge in [0, 0.05) is 43.3 Å². The zero-order chi connectivity index (χ0) is 29.1. The molecular formula is C30H25ClF3N3O3S. The van der Waals surface area contributed by atoms with E-state index in [4.69, 9.17) is 11.6 Å². The first-order valence-electron chi connectivity index (χ1n) is 12.8. The fraction of sp³-hybridized carbons (Fsp3) is 0.233. The van der Waals surface area contributed by atoms with Gasteiger partial charge in [0.1, 0.15) is 0 Å². The molecule has 0 N–H and O–H groups in total. The second kappa shape index (κ2) is 12.1. The van der Waals surface area contributed by atoms with Gasteiger partial charge in [-0.3, -0.25) is 24.2 Å². The second-order valence-corrected chi connectivity index (χ2v) is 11.2. The molecule has 0 radical (unpaired) electrons. The van der Waals surface area contributed by atoms with E-state index in [9.17, 15) is 27.6 Å². The quantitative estimate of drug-likeness (QED) is 0.301. The van der Waals surface area contributed by atoms with Crippen LogP contribution in [0.2, 0.25) is 5.02 Å². The molecule has 2 heterocycles. The summed E-state index contributed by atoms with van der Waals surface area (Å²) in [6.07, 6.45) is -3.09. The Labute approximate surface area is 244 Å². The molecule has 0 atom stereocenters. The molecule has 0 aliphatic carbocycles. The minimum absolute atomic E-state index is 0.0913. The summed E-state index contributed by atoms with van der Waals surface area (Å²) in [6.45, 7) is 3.00. The summed E-state index contributed by atoms with van der Waals surface area (Å²) in [6, 6.07) is 19.3. The van der Waals surface area contributed by atoms with Crippen molar-refractivity contribution in [2.24, 2.45) is 0 Å². The lowest BCUT2D eigenvalue weighted by Crippen LogP contribution is -2.48. The number of rotatable bonds is 6. The predicted octanol–water partition coefficient (Wildman–Crippen LogP) is 6.55. The predicted molar refractivity (Wildman–Crippen MR) is 152 cm³/mol. The van der Waals surface area contributed by atoms with Crippen molar-refractivity contribution in [2.75, 3.05) is 26.2 Å². The normalized spacial score (nSPS) is 17.5. The average molecular weight is 600 g/mol. The molecule has 0 bridgehead atoms. The molecular weight excluding hydrogens is 575 g/mol. The number of thioether (sulfide) groups is 1. The van der Waals surface area contributed by atoms with Crippen molar-refractivity contribution in [1.29, 1.82) is 0 Å². The van der Waals surface area contributed by atoms with E-state index in [2.05, 4.69) is 4.90 Å². The Balaban J connectivity index is 1.19. The van der Waals surface area contributed by atoms with Crippen LogP contribution in [-0.2, 0) is 24.1 Å². The van der Waals surface area contributed by atoms with E-state index in [1.165, 1.54) is 24.3 Å². The lowest BCUT2D eigenvalue weighted by molar-refractivity contribution is -0.139. The minimum atomic E-state index is -4.60. The highest BCUT2D eigenvalue weighted by molar-refractivity contribution is 8.18. The fourth-order valence-corrected chi connectivity index (χ4v) is 5.72. The molecule has 3 aromatic rings. The Hall–Kier alpha value is -3.60. The molecule has 5 rings (SSSR count). The van der Waals surface area contributed by atoms with Crippen LogP contribution in [0.5, 0.6) is 0 Å². The van der Waals surface area contributed by atoms with Gasteiger partial charge in [0.05, 0.1) is 17.0 Å². The third-order valence-electron chi connectivity index (χ3n) is 6.96. The number of benzene rings is 3. The lowest BCUT2D eigenvalue weighted by atomic mass is 10.1. The molecule has 2 saturated heterocycles. The zero-order valence-electron chi connectivity index (χ0n) is 21.7. The molecule has 2 aliphatic heterocycles. The van der Waals surface area contributed by atoms with Gasteiger partial charge >= 0.3 is 6.18 Å². The Morgan fingerprint density at radius 1 is 0.878 bits per heavy atom. The first-order chi connectivity index (χ1) is 19.6. The Morgan fingerprint density at radius 3 is 2.20 bits per heavy atom. The lowest BCUT2D eigenvalue weighted by Gasteiger charge is -2.34. The topological polar surface area (TPSA) is 60.9 Å². The van der Waals surface area contributed by atoms with Gasteiger partial charge in [0.25, 0.3) is 17.1 Å². The number of halogens is 4. The smallest absolute Gasteiger partial charge is 0.336 e. The van der Waals surface area contributed by atoms with Crippen molar-refractivity contribution >= 4 is 46.5 Å². The SMILES string of the molecule is O=C(c1ccc(/C=C2\SC(=O)N(Cc3ccccc3C(F)(F)F)C2=O)cc1)N1CCN(Cc2ccc(Cl)cc2)CC1. The summed E-state index contributed by atoms with van der Waals surface area (Å²) in [7, 11) is 0. The summed E-state index contributed by atoms with van der Waals surface area (Å²) in [5, 5.41) is 0.0571. The van der Waals surface area contributed by atoms with Crippen LogP contribution < -0.4 is 0 Å². The third-order valence-corrected chi connectivity index (χ3v) is 8.12. The average Bonchev–Trinajstić information content (AvgIpc) is 3.21. The molecule has 2 fully saturated rings. The third kappa shape index (κ3) is 6.83. The van der Waals surface area contributed by atoms with Crippen molar-refractivity contribution in [3.05, 3.63) is 111 Å². The Morgan fingerprint density at radius 2 is 1.54 bits per heavy atom. The maximum absolute atomic E-state index is 13.4. The van der Waals surface area contributed by atoms with Crippen molar-refractivity contribution in [3.8, 4) is 0 Å². The number of nitrogens with zero attached hydrogens (tertiary/aromatic N) is 3. The number of carbonyl (C=O) groups excluding carboxylic acids is 3. The van der Waals surface area contributed by atoms with Gasteiger partial charge in [-0.25, -0.2) is 0 Å². The fourth-order valence-electron chi connectivity index (χ4n) is 4.75. The first-order valence-corrected chi connectivity index (χ1v) is 14.0. The number of amides is 3. The zero-order valence-corrected chi connectivity index (χ0v) is 23.3. The highest BCUT2D eigenvalue weighted by atomic mass is 35.5. The molecule has 212 valence electrons. The summed E-state index contributed by atoms with van der Waals surface area (Å²) >= 11 is 6.63. The number of hydrogen-bond acceptors (Lipinski definition) is 5. The number of imide groups is 1. The van der Waals surface area contributed by atoms with Gasteiger partial charge in [0.2, 0.25) is 0 Å². The monoisotopic (exact) mass is 599 g/mol. The van der Waals surface area contributed by atoms with Crippen molar-refractivity contribution in [2.45, 2.75) is 19.3 Å². The van der Waals surface area contributed by atoms with Crippen LogP contribution in [-0.4, -0.2) is 57.9 Å². The molecule has 2 aliphatic rings. The summed E-state index contributed by atoms with van der Waals surface area (Å²) in [4.78, 5) is 43.4. The Bertz CT molecular complexity index is 1490. The van der Waals surface area contributed by atoms with Crippen molar-refractivity contribution in [1.82, 2.24) is 14.7 Å². The number of piperazine rings is 1. The van der Waals surface area contributed by atoms with Crippen LogP contribution in [0.4, 0.5) is 18.0 Å². The maximum atomic E-state index is 13.4. The van der Waals surface area contributed by atoms with Gasteiger partial charge in [-0.15, -0.1) is 0 Å². The van der Waals surface area contributed by atoms with Gasteiger partial charge in [-0.05, 0) is 64.9 Å². The van der Waals surface area contributed by atoms with Crippen LogP contribution in [0.1, 0.15) is 32.6 Å². The summed E-state index contributed by atoms with van der Waals surface area (Å²) in [5.41, 5.74) is 1.22. The first kappa shape index (κ1) is 28.9. The number of alkyl halides is 3. The van der Waals surface area contributed by atoms with Gasteiger partial charge in [-0.2, -0.15) is 13.2 Å². The number of carbonyl (C=O) groups is 3. The van der Waals surface area contributed by atoms with Crippen LogP contribution in [0.3, 0.4) is 0 Å². The standard InChI is InChI=1S/C30H25ClF3N3O3S/c31-24-11-7-21(8-12-24)18-35-13-15-36(16-14-35)27(38)22-9-5-20(6-10-22)17-26-28(39)37(29(40)41-26)19-23-3-1-2-4-25(23)30(32,33)34/h1-12,17H,13-16,18-19H2/b26-17-. The maximum Gasteiger partial charge on any atom is 0.416 e. The largest absolute Gasteiger partial charge is 0.416 e. The molecule has 0 aromatic heterocycles. The minimum Gasteiger partial charge on any atom is -0.336 e. The summed E-state index contributed by atoms with van der Waals surface area (Å²) in [5.74, 6) is -0.750. The van der Waals surface area contributed by atoms with E-state index in [0.29, 0.717) is 41.0 Å². The Kier molecular flexibility index (Phi) is 8.53. The van der Waals surface area contributed by atoms with Crippen molar-refractivity contribution < 1.29 is 27.6 Å². The highest BCUT2D eigenvalue weighted by Crippen LogP contribution is 2.36. The van der Waals surface area contributed by atoms with E-state index < -0.39 is 29.4 Å².